The highest BCUT2D eigenvalue weighted by Gasteiger charge is 2.25. The number of anilines is 1. The van der Waals surface area contributed by atoms with Crippen LogP contribution < -0.4 is 10.1 Å². The quantitative estimate of drug-likeness (QED) is 0.138. The Bertz CT molecular complexity index is 2200. The van der Waals surface area contributed by atoms with Crippen LogP contribution in [-0.2, 0) is 14.8 Å². The number of aryl methyl sites for hydroxylation is 1. The average molecular weight is 728 g/mol. The van der Waals surface area contributed by atoms with Crippen molar-refractivity contribution >= 4 is 54.9 Å². The number of thioether (sulfide) groups is 1. The number of rotatable bonds is 11. The minimum atomic E-state index is -3.57. The zero-order chi connectivity index (χ0) is 34.7. The number of nitrogens with zero attached hydrogens (tertiary/aromatic N) is 6. The molecule has 0 spiro atoms. The van der Waals surface area contributed by atoms with Gasteiger partial charge in [-0.2, -0.15) is 9.40 Å². The van der Waals surface area contributed by atoms with Gasteiger partial charge in [0, 0.05) is 24.2 Å². The lowest BCUT2D eigenvalue weighted by atomic mass is 10.2. The van der Waals surface area contributed by atoms with Crippen molar-refractivity contribution in [3.8, 4) is 27.8 Å². The Balaban J connectivity index is 1.12. The van der Waals surface area contributed by atoms with Gasteiger partial charge in [-0.15, -0.1) is 21.5 Å². The van der Waals surface area contributed by atoms with Crippen LogP contribution in [0.3, 0.4) is 0 Å². The van der Waals surface area contributed by atoms with Gasteiger partial charge < -0.3 is 10.1 Å². The molecule has 4 heterocycles. The molecular formula is C36H37N7O4S3. The number of fused-ring (bicyclic) bond motifs is 1. The second-order valence-electron chi connectivity index (χ2n) is 11.9. The first-order chi connectivity index (χ1) is 24.3. The Hall–Kier alpha value is -4.50. The summed E-state index contributed by atoms with van der Waals surface area (Å²) in [5.74, 6) is 1.22. The lowest BCUT2D eigenvalue weighted by Crippen LogP contribution is -2.31. The van der Waals surface area contributed by atoms with Crippen molar-refractivity contribution in [2.75, 3.05) is 30.8 Å². The average Bonchev–Trinajstić information content (AvgIpc) is 3.75. The second kappa shape index (κ2) is 14.8. The van der Waals surface area contributed by atoms with Crippen LogP contribution in [-0.4, -0.2) is 68.6 Å². The summed E-state index contributed by atoms with van der Waals surface area (Å²) in [7, 11) is -3.57. The van der Waals surface area contributed by atoms with E-state index in [9.17, 15) is 13.2 Å². The van der Waals surface area contributed by atoms with Crippen molar-refractivity contribution in [2.24, 2.45) is 0 Å². The lowest BCUT2D eigenvalue weighted by Gasteiger charge is -2.20. The molecule has 50 heavy (non-hydrogen) atoms. The van der Waals surface area contributed by atoms with E-state index in [1.54, 1.807) is 39.9 Å². The fraction of sp³-hybridized carbons (Fsp3) is 0.278. The largest absolute Gasteiger partial charge is 0.494 e. The molecule has 1 N–H and O–H groups in total. The summed E-state index contributed by atoms with van der Waals surface area (Å²) in [6.07, 6.45) is 3.84. The van der Waals surface area contributed by atoms with Crippen molar-refractivity contribution < 1.29 is 17.9 Å². The van der Waals surface area contributed by atoms with Gasteiger partial charge >= 0.3 is 0 Å². The highest BCUT2D eigenvalue weighted by atomic mass is 32.2. The Kier molecular flexibility index (Phi) is 10.0. The molecule has 0 unspecified atom stereocenters. The normalized spacial score (nSPS) is 14.1. The topological polar surface area (TPSA) is 124 Å². The molecule has 0 atom stereocenters. The summed E-state index contributed by atoms with van der Waals surface area (Å²) < 4.78 is 37.5. The molecule has 7 rings (SSSR count). The second-order valence-corrected chi connectivity index (χ2v) is 15.8. The van der Waals surface area contributed by atoms with Crippen LogP contribution in [0.5, 0.6) is 5.75 Å². The number of amides is 1. The van der Waals surface area contributed by atoms with E-state index in [0.29, 0.717) is 36.4 Å². The van der Waals surface area contributed by atoms with E-state index in [-0.39, 0.29) is 16.6 Å². The van der Waals surface area contributed by atoms with Crippen LogP contribution in [0.1, 0.15) is 38.3 Å². The number of hydrogen-bond acceptors (Lipinski definition) is 9. The number of sulfonamides is 1. The van der Waals surface area contributed by atoms with Gasteiger partial charge in [-0.05, 0) is 93.4 Å². The molecule has 0 saturated carbocycles. The van der Waals surface area contributed by atoms with Crippen molar-refractivity contribution in [2.45, 2.75) is 49.6 Å². The molecule has 1 aliphatic rings. The maximum atomic E-state index is 13.2. The highest BCUT2D eigenvalue weighted by molar-refractivity contribution is 7.99. The molecule has 1 amide bonds. The molecule has 0 bridgehead atoms. The summed E-state index contributed by atoms with van der Waals surface area (Å²) in [5.41, 5.74) is 3.24. The zero-order valence-corrected chi connectivity index (χ0v) is 30.2. The van der Waals surface area contributed by atoms with E-state index in [0.717, 1.165) is 63.6 Å². The Morgan fingerprint density at radius 1 is 0.920 bits per heavy atom. The van der Waals surface area contributed by atoms with E-state index in [1.165, 1.54) is 11.8 Å². The van der Waals surface area contributed by atoms with E-state index in [4.69, 9.17) is 9.84 Å². The lowest BCUT2D eigenvalue weighted by molar-refractivity contribution is -0.113. The molecule has 3 aromatic heterocycles. The third-order valence-corrected chi connectivity index (χ3v) is 12.4. The minimum absolute atomic E-state index is 0.0669. The molecular weight excluding hydrogens is 691 g/mol. The molecule has 11 nitrogen and oxygen atoms in total. The third-order valence-electron chi connectivity index (χ3n) is 8.48. The number of nitrogens with one attached hydrogen (secondary N) is 1. The van der Waals surface area contributed by atoms with Gasteiger partial charge in [0.05, 0.1) is 39.2 Å². The molecule has 1 aliphatic heterocycles. The molecule has 0 radical (unpaired) electrons. The highest BCUT2D eigenvalue weighted by Crippen LogP contribution is 2.38. The first-order valence-corrected chi connectivity index (χ1v) is 19.8. The van der Waals surface area contributed by atoms with Gasteiger partial charge in [0.25, 0.3) is 0 Å². The summed E-state index contributed by atoms with van der Waals surface area (Å²) in [4.78, 5) is 15.3. The number of aromatic nitrogens is 5. The van der Waals surface area contributed by atoms with Gasteiger partial charge in [-0.25, -0.2) is 13.1 Å². The fourth-order valence-electron chi connectivity index (χ4n) is 5.98. The number of carbonyl (C=O) groups excluding carboxylic acids is 1. The Labute approximate surface area is 299 Å². The fourth-order valence-corrected chi connectivity index (χ4v) is 9.41. The van der Waals surface area contributed by atoms with Crippen LogP contribution in [0.2, 0.25) is 0 Å². The summed E-state index contributed by atoms with van der Waals surface area (Å²) in [6.45, 7) is 5.58. The number of ether oxygens (including phenoxy) is 1. The van der Waals surface area contributed by atoms with Crippen molar-refractivity contribution in [1.82, 2.24) is 28.9 Å². The number of hydrogen-bond donors (Lipinski definition) is 1. The number of thiophene rings is 1. The third kappa shape index (κ3) is 7.06. The molecule has 3 aromatic carbocycles. The van der Waals surface area contributed by atoms with Crippen molar-refractivity contribution in [3.63, 3.8) is 0 Å². The van der Waals surface area contributed by atoms with Crippen molar-refractivity contribution in [1.29, 1.82) is 0 Å². The summed E-state index contributed by atoms with van der Waals surface area (Å²) in [6, 6.07) is 26.2. The first kappa shape index (κ1) is 34.0. The maximum Gasteiger partial charge on any atom is 0.243 e. The van der Waals surface area contributed by atoms with Crippen LogP contribution in [0.25, 0.3) is 32.3 Å². The SMILES string of the molecule is CCOc1ccc(-n2c(SCC(=O)Nc3ccc(S(=O)(=O)N4CCCCCC4)cc3)nnc2-c2cc3c(C)nn(-c4ccccc4)c3s2)cc1. The molecule has 1 saturated heterocycles. The van der Waals surface area contributed by atoms with E-state index in [1.807, 2.05) is 77.7 Å². The van der Waals surface area contributed by atoms with Crippen LogP contribution in [0.4, 0.5) is 5.69 Å². The first-order valence-electron chi connectivity index (χ1n) is 16.6. The van der Waals surface area contributed by atoms with Crippen LogP contribution >= 0.6 is 23.1 Å². The van der Waals surface area contributed by atoms with Crippen LogP contribution in [0.15, 0.2) is 95.0 Å². The van der Waals surface area contributed by atoms with E-state index >= 15 is 0 Å². The Morgan fingerprint density at radius 2 is 1.64 bits per heavy atom. The number of benzene rings is 3. The van der Waals surface area contributed by atoms with Gasteiger partial charge in [0.15, 0.2) is 11.0 Å². The van der Waals surface area contributed by atoms with E-state index < -0.39 is 10.0 Å². The van der Waals surface area contributed by atoms with Gasteiger partial charge in [0.1, 0.15) is 10.6 Å². The van der Waals surface area contributed by atoms with Gasteiger partial charge in [-0.1, -0.05) is 42.8 Å². The van der Waals surface area contributed by atoms with Crippen LogP contribution in [0, 0.1) is 6.92 Å². The zero-order valence-electron chi connectivity index (χ0n) is 27.8. The molecule has 258 valence electrons. The molecule has 1 fully saturated rings. The molecule has 0 aliphatic carbocycles. The molecule has 6 aromatic rings. The van der Waals surface area contributed by atoms with Gasteiger partial charge in [-0.3, -0.25) is 9.36 Å². The molecule has 14 heteroatoms. The summed E-state index contributed by atoms with van der Waals surface area (Å²) in [5, 5.41) is 18.4. The standard InChI is InChI=1S/C36H37N7O4S3/c1-3-47-29-17-15-27(16-18-29)42-34(32-23-31-25(2)40-43(35(31)49-32)28-11-7-6-8-12-28)38-39-36(42)48-24-33(44)37-26-13-19-30(20-14-26)50(45,46)41-21-9-4-5-10-22-41/h6-8,11-20,23H,3-5,9-10,21-22,24H2,1-2H3,(H,37,44). The van der Waals surface area contributed by atoms with Gasteiger partial charge in [0.2, 0.25) is 15.9 Å². The Morgan fingerprint density at radius 3 is 2.34 bits per heavy atom. The van der Waals surface area contributed by atoms with Crippen molar-refractivity contribution in [3.05, 3.63) is 90.6 Å². The number of para-hydroxylation sites is 1. The van der Waals surface area contributed by atoms with E-state index in [2.05, 4.69) is 21.6 Å². The predicted octanol–water partition coefficient (Wildman–Crippen LogP) is 7.34. The minimum Gasteiger partial charge on any atom is -0.494 e. The smallest absolute Gasteiger partial charge is 0.243 e. The monoisotopic (exact) mass is 727 g/mol. The maximum absolute atomic E-state index is 13.2. The number of carbonyl (C=O) groups is 1. The summed E-state index contributed by atoms with van der Waals surface area (Å²) >= 11 is 2.85. The predicted molar refractivity (Wildman–Crippen MR) is 198 cm³/mol.